The first-order chi connectivity index (χ1) is 10.9. The average Bonchev–Trinajstić information content (AvgIpc) is 2.95. The van der Waals surface area contributed by atoms with Crippen molar-refractivity contribution in [1.29, 1.82) is 0 Å². The Morgan fingerprint density at radius 1 is 1.35 bits per heavy atom. The fraction of sp³-hybridized carbons (Fsp3) is 0.333. The molecule has 0 bridgehead atoms. The van der Waals surface area contributed by atoms with Crippen molar-refractivity contribution in [3.05, 3.63) is 52.0 Å². The lowest BCUT2D eigenvalue weighted by molar-refractivity contribution is -0.141. The number of imidazole rings is 1. The number of carboxylic acid groups (broad SMARTS) is 1. The minimum Gasteiger partial charge on any atom is -0.480 e. The number of hydrogen-bond donors (Lipinski definition) is 3. The average molecular weight is 318 g/mol. The van der Waals surface area contributed by atoms with Crippen LogP contribution in [-0.2, 0) is 22.6 Å². The van der Waals surface area contributed by atoms with Crippen LogP contribution in [0.1, 0.15) is 17.1 Å². The first kappa shape index (κ1) is 16.5. The second-order valence-electron chi connectivity index (χ2n) is 5.30. The lowest BCUT2D eigenvalue weighted by Crippen LogP contribution is -2.44. The first-order valence-corrected chi connectivity index (χ1v) is 7.04. The summed E-state index contributed by atoms with van der Waals surface area (Å²) < 4.78 is 1.66. The highest BCUT2D eigenvalue weighted by Gasteiger charge is 2.21. The molecule has 2 rings (SSSR count). The molecule has 0 aliphatic carbocycles. The molecule has 0 spiro atoms. The molecule has 0 aromatic carbocycles. The molecule has 1 atom stereocenters. The minimum atomic E-state index is -1.12. The molecule has 122 valence electrons. The van der Waals surface area contributed by atoms with Gasteiger partial charge in [-0.1, -0.05) is 0 Å². The minimum absolute atomic E-state index is 0.0509. The normalized spacial score (nSPS) is 11.9. The number of carboxylic acids is 1. The third-order valence-corrected chi connectivity index (χ3v) is 3.47. The van der Waals surface area contributed by atoms with Gasteiger partial charge in [0.2, 0.25) is 5.91 Å². The van der Waals surface area contributed by atoms with E-state index in [0.29, 0.717) is 17.1 Å². The van der Waals surface area contributed by atoms with E-state index in [-0.39, 0.29) is 18.4 Å². The van der Waals surface area contributed by atoms with Gasteiger partial charge in [-0.2, -0.15) is 0 Å². The molecule has 8 heteroatoms. The number of carbonyl (C=O) groups is 2. The van der Waals surface area contributed by atoms with Crippen LogP contribution < -0.4 is 10.7 Å². The van der Waals surface area contributed by atoms with E-state index < -0.39 is 17.9 Å². The largest absolute Gasteiger partial charge is 0.480 e. The maximum atomic E-state index is 12.1. The number of pyridine rings is 1. The predicted octanol–water partition coefficient (Wildman–Crippen LogP) is 0.000340. The molecule has 23 heavy (non-hydrogen) atoms. The van der Waals surface area contributed by atoms with E-state index >= 15 is 0 Å². The summed E-state index contributed by atoms with van der Waals surface area (Å²) in [6, 6.07) is 1.81. The van der Waals surface area contributed by atoms with Crippen LogP contribution in [0.4, 0.5) is 0 Å². The highest BCUT2D eigenvalue weighted by atomic mass is 16.4. The summed E-state index contributed by atoms with van der Waals surface area (Å²) in [6.07, 6.45) is 3.07. The number of aromatic amines is 1. The van der Waals surface area contributed by atoms with Gasteiger partial charge in [0.15, 0.2) is 5.43 Å². The van der Waals surface area contributed by atoms with Crippen molar-refractivity contribution < 1.29 is 14.7 Å². The van der Waals surface area contributed by atoms with Crippen LogP contribution in [-0.4, -0.2) is 37.6 Å². The molecule has 1 unspecified atom stereocenters. The van der Waals surface area contributed by atoms with Crippen molar-refractivity contribution in [3.63, 3.8) is 0 Å². The van der Waals surface area contributed by atoms with Gasteiger partial charge < -0.3 is 20.0 Å². The van der Waals surface area contributed by atoms with Crippen LogP contribution in [0.15, 0.2) is 29.5 Å². The van der Waals surface area contributed by atoms with Gasteiger partial charge >= 0.3 is 5.97 Å². The maximum Gasteiger partial charge on any atom is 0.326 e. The Morgan fingerprint density at radius 2 is 2.00 bits per heavy atom. The summed E-state index contributed by atoms with van der Waals surface area (Å²) in [5.74, 6) is -1.56. The number of carbonyl (C=O) groups excluding carboxylic acids is 1. The zero-order chi connectivity index (χ0) is 17.0. The number of rotatable bonds is 6. The molecule has 2 aromatic rings. The SMILES string of the molecule is Cc1cc(=O)cc(C)n1CC(=O)NC(Cc1cnc[nH]1)C(=O)O. The first-order valence-electron chi connectivity index (χ1n) is 7.04. The van der Waals surface area contributed by atoms with Crippen molar-refractivity contribution in [2.24, 2.45) is 0 Å². The molecule has 0 saturated carbocycles. The molecule has 2 aromatic heterocycles. The molecular weight excluding hydrogens is 300 g/mol. The van der Waals surface area contributed by atoms with Gasteiger partial charge in [-0.25, -0.2) is 9.78 Å². The Labute approximate surface area is 132 Å². The van der Waals surface area contributed by atoms with E-state index in [1.165, 1.54) is 24.7 Å². The Balaban J connectivity index is 2.08. The number of aryl methyl sites for hydroxylation is 2. The molecule has 0 fully saturated rings. The zero-order valence-electron chi connectivity index (χ0n) is 12.9. The highest BCUT2D eigenvalue weighted by molar-refractivity contribution is 5.83. The standard InChI is InChI=1S/C15H18N4O4/c1-9-3-12(20)4-10(2)19(9)7-14(21)18-13(15(22)23)5-11-6-16-8-17-11/h3-4,6,8,13H,5,7H2,1-2H3,(H,16,17)(H,18,21)(H,22,23). The molecule has 0 radical (unpaired) electrons. The Hall–Kier alpha value is -2.90. The van der Waals surface area contributed by atoms with Crippen molar-refractivity contribution in [2.45, 2.75) is 32.9 Å². The predicted molar refractivity (Wildman–Crippen MR) is 82.0 cm³/mol. The summed E-state index contributed by atoms with van der Waals surface area (Å²) in [7, 11) is 0. The van der Waals surface area contributed by atoms with E-state index in [2.05, 4.69) is 15.3 Å². The van der Waals surface area contributed by atoms with Crippen molar-refractivity contribution >= 4 is 11.9 Å². The molecule has 3 N–H and O–H groups in total. The molecule has 0 aliphatic rings. The monoisotopic (exact) mass is 318 g/mol. The number of amides is 1. The van der Waals surface area contributed by atoms with Gasteiger partial charge in [0, 0.05) is 41.8 Å². The van der Waals surface area contributed by atoms with Crippen LogP contribution >= 0.6 is 0 Å². The van der Waals surface area contributed by atoms with Gasteiger partial charge in [-0.3, -0.25) is 9.59 Å². The molecule has 2 heterocycles. The molecular formula is C15H18N4O4. The summed E-state index contributed by atoms with van der Waals surface area (Å²) in [5.41, 5.74) is 1.78. The van der Waals surface area contributed by atoms with E-state index in [9.17, 15) is 19.5 Å². The van der Waals surface area contributed by atoms with Gasteiger partial charge in [-0.05, 0) is 13.8 Å². The Kier molecular flexibility index (Phi) is 4.95. The third kappa shape index (κ3) is 4.29. The van der Waals surface area contributed by atoms with Crippen LogP contribution in [0.25, 0.3) is 0 Å². The second kappa shape index (κ2) is 6.91. The number of H-pyrrole nitrogens is 1. The molecule has 0 saturated heterocycles. The van der Waals surface area contributed by atoms with Gasteiger partial charge in [0.1, 0.15) is 12.6 Å². The fourth-order valence-electron chi connectivity index (χ4n) is 2.34. The number of nitrogens with one attached hydrogen (secondary N) is 2. The van der Waals surface area contributed by atoms with E-state index in [1.54, 1.807) is 18.4 Å². The van der Waals surface area contributed by atoms with Crippen molar-refractivity contribution in [1.82, 2.24) is 19.9 Å². The van der Waals surface area contributed by atoms with Crippen molar-refractivity contribution in [3.8, 4) is 0 Å². The second-order valence-corrected chi connectivity index (χ2v) is 5.30. The lowest BCUT2D eigenvalue weighted by atomic mass is 10.1. The van der Waals surface area contributed by atoms with E-state index in [1.807, 2.05) is 0 Å². The van der Waals surface area contributed by atoms with Crippen LogP contribution in [0.3, 0.4) is 0 Å². The van der Waals surface area contributed by atoms with E-state index in [4.69, 9.17) is 0 Å². The zero-order valence-corrected chi connectivity index (χ0v) is 12.9. The smallest absolute Gasteiger partial charge is 0.326 e. The van der Waals surface area contributed by atoms with Crippen molar-refractivity contribution in [2.75, 3.05) is 0 Å². The van der Waals surface area contributed by atoms with Crippen LogP contribution in [0, 0.1) is 13.8 Å². The van der Waals surface area contributed by atoms with Gasteiger partial charge in [0.25, 0.3) is 0 Å². The quantitative estimate of drug-likeness (QED) is 0.693. The summed E-state index contributed by atoms with van der Waals surface area (Å²) >= 11 is 0. The topological polar surface area (TPSA) is 117 Å². The van der Waals surface area contributed by atoms with Gasteiger partial charge in [-0.15, -0.1) is 0 Å². The molecule has 1 amide bonds. The highest BCUT2D eigenvalue weighted by Crippen LogP contribution is 2.03. The molecule has 0 aliphatic heterocycles. The maximum absolute atomic E-state index is 12.1. The fourth-order valence-corrected chi connectivity index (χ4v) is 2.34. The van der Waals surface area contributed by atoms with Crippen LogP contribution in [0.2, 0.25) is 0 Å². The third-order valence-electron chi connectivity index (χ3n) is 3.47. The summed E-state index contributed by atoms with van der Waals surface area (Å²) in [6.45, 7) is 3.40. The number of hydrogen-bond acceptors (Lipinski definition) is 4. The molecule has 8 nitrogen and oxygen atoms in total. The summed E-state index contributed by atoms with van der Waals surface area (Å²) in [4.78, 5) is 41.5. The van der Waals surface area contributed by atoms with E-state index in [0.717, 1.165) is 0 Å². The Bertz CT molecular complexity index is 738. The van der Waals surface area contributed by atoms with Gasteiger partial charge in [0.05, 0.1) is 6.33 Å². The summed E-state index contributed by atoms with van der Waals surface area (Å²) in [5, 5.41) is 11.7. The number of nitrogens with zero attached hydrogens (tertiary/aromatic N) is 2. The number of aliphatic carboxylic acids is 1. The van der Waals surface area contributed by atoms with Crippen LogP contribution in [0.5, 0.6) is 0 Å². The Morgan fingerprint density at radius 3 is 2.52 bits per heavy atom. The lowest BCUT2D eigenvalue weighted by Gasteiger charge is -2.17. The number of aromatic nitrogens is 3.